The normalized spacial score (nSPS) is 14.7. The van der Waals surface area contributed by atoms with Gasteiger partial charge in [0, 0.05) is 12.5 Å². The molecule has 0 fully saturated rings. The molecule has 0 bridgehead atoms. The quantitative estimate of drug-likeness (QED) is 0.484. The minimum Gasteiger partial charge on any atom is -0.300 e. The average Bonchev–Trinajstić information content (AvgIpc) is 2.70. The topological polar surface area (TPSA) is 61.4 Å². The monoisotopic (exact) mass is 370 g/mol. The molecule has 144 valence electrons. The van der Waals surface area contributed by atoms with Gasteiger partial charge in [0.2, 0.25) is 0 Å². The highest BCUT2D eigenvalue weighted by atomic mass is 19.1. The van der Waals surface area contributed by atoms with E-state index in [1.54, 1.807) is 19.3 Å². The van der Waals surface area contributed by atoms with E-state index in [0.29, 0.717) is 6.54 Å². The van der Waals surface area contributed by atoms with Crippen molar-refractivity contribution in [2.24, 2.45) is 5.92 Å². The molecule has 0 heterocycles. The summed E-state index contributed by atoms with van der Waals surface area (Å²) in [4.78, 5) is 11.9. The molecule has 1 amide bonds. The van der Waals surface area contributed by atoms with Gasteiger partial charge in [-0.05, 0) is 30.5 Å². The fourth-order valence-electron chi connectivity index (χ4n) is 2.83. The highest BCUT2D eigenvalue weighted by molar-refractivity contribution is 5.85. The van der Waals surface area contributed by atoms with Gasteiger partial charge in [-0.2, -0.15) is 0 Å². The van der Waals surface area contributed by atoms with Crippen molar-refractivity contribution in [3.63, 3.8) is 0 Å². The van der Waals surface area contributed by atoms with Crippen LogP contribution in [0, 0.1) is 12.8 Å². The standard InChI is InChI=1S/C22H27FN2O2/c1-16-6-4-8-20(14-16)19-11-9-18(10-12-19)7-5-13-24-22(3,17(2)15-23)21(26)25-27/h4-12,14,17,24,27H,13,15H2,1-3H3,(H,25,26)/b7-5+/t17?,22-/m0/s1. The van der Waals surface area contributed by atoms with Crippen LogP contribution in [0.5, 0.6) is 0 Å². The highest BCUT2D eigenvalue weighted by Gasteiger charge is 2.38. The number of rotatable bonds is 8. The van der Waals surface area contributed by atoms with Crippen molar-refractivity contribution in [1.29, 1.82) is 0 Å². The van der Waals surface area contributed by atoms with Crippen LogP contribution in [0.3, 0.4) is 0 Å². The molecule has 0 aliphatic carbocycles. The van der Waals surface area contributed by atoms with Gasteiger partial charge in [0.05, 0.1) is 6.67 Å². The Labute approximate surface area is 160 Å². The molecule has 3 N–H and O–H groups in total. The van der Waals surface area contributed by atoms with Crippen LogP contribution >= 0.6 is 0 Å². The van der Waals surface area contributed by atoms with E-state index in [2.05, 4.69) is 42.6 Å². The summed E-state index contributed by atoms with van der Waals surface area (Å²) in [5, 5.41) is 11.9. The number of benzene rings is 2. The van der Waals surface area contributed by atoms with Gasteiger partial charge in [0.1, 0.15) is 5.54 Å². The van der Waals surface area contributed by atoms with Crippen LogP contribution in [-0.4, -0.2) is 29.9 Å². The van der Waals surface area contributed by atoms with E-state index < -0.39 is 24.0 Å². The molecule has 2 aromatic rings. The molecule has 0 aliphatic heterocycles. The maximum absolute atomic E-state index is 13.0. The van der Waals surface area contributed by atoms with E-state index in [4.69, 9.17) is 5.21 Å². The Bertz CT molecular complexity index is 789. The molecule has 27 heavy (non-hydrogen) atoms. The van der Waals surface area contributed by atoms with Crippen LogP contribution in [0.15, 0.2) is 54.6 Å². The Morgan fingerprint density at radius 2 is 1.93 bits per heavy atom. The predicted octanol–water partition coefficient (Wildman–Crippen LogP) is 4.13. The third-order valence-corrected chi connectivity index (χ3v) is 4.95. The first-order valence-corrected chi connectivity index (χ1v) is 9.00. The maximum atomic E-state index is 13.0. The van der Waals surface area contributed by atoms with Crippen molar-refractivity contribution < 1.29 is 14.4 Å². The van der Waals surface area contributed by atoms with Crippen LogP contribution in [0.1, 0.15) is 25.0 Å². The lowest BCUT2D eigenvalue weighted by atomic mass is 9.87. The lowest BCUT2D eigenvalue weighted by Gasteiger charge is -2.32. The first-order chi connectivity index (χ1) is 12.9. The smallest absolute Gasteiger partial charge is 0.263 e. The zero-order valence-corrected chi connectivity index (χ0v) is 16.0. The summed E-state index contributed by atoms with van der Waals surface area (Å²) in [6.45, 7) is 4.97. The SMILES string of the molecule is Cc1cccc(-c2ccc(/C=C/CN[C@](C)(C(=O)NO)C(C)CF)cc2)c1. The summed E-state index contributed by atoms with van der Waals surface area (Å²) in [5.74, 6) is -1.23. The third kappa shape index (κ3) is 5.25. The number of carbonyl (C=O) groups is 1. The molecule has 1 unspecified atom stereocenters. The maximum Gasteiger partial charge on any atom is 0.263 e. The molecule has 0 aliphatic rings. The van der Waals surface area contributed by atoms with Gasteiger partial charge in [0.15, 0.2) is 0 Å². The number of hydrogen-bond acceptors (Lipinski definition) is 3. The molecular formula is C22H27FN2O2. The lowest BCUT2D eigenvalue weighted by Crippen LogP contribution is -2.59. The van der Waals surface area contributed by atoms with Crippen molar-refractivity contribution in [1.82, 2.24) is 10.8 Å². The van der Waals surface area contributed by atoms with E-state index in [1.807, 2.05) is 30.4 Å². The molecular weight excluding hydrogens is 343 g/mol. The fraction of sp³-hybridized carbons (Fsp3) is 0.318. The summed E-state index contributed by atoms with van der Waals surface area (Å²) in [7, 11) is 0. The molecule has 0 radical (unpaired) electrons. The van der Waals surface area contributed by atoms with E-state index in [1.165, 1.54) is 11.1 Å². The highest BCUT2D eigenvalue weighted by Crippen LogP contribution is 2.21. The van der Waals surface area contributed by atoms with Gasteiger partial charge in [-0.25, -0.2) is 5.48 Å². The Morgan fingerprint density at radius 1 is 1.22 bits per heavy atom. The Balaban J connectivity index is 2.00. The zero-order valence-electron chi connectivity index (χ0n) is 16.0. The molecule has 5 heteroatoms. The molecule has 0 aromatic heterocycles. The number of hydroxylamine groups is 1. The summed E-state index contributed by atoms with van der Waals surface area (Å²) in [6.07, 6.45) is 3.81. The van der Waals surface area contributed by atoms with Gasteiger partial charge in [-0.15, -0.1) is 0 Å². The van der Waals surface area contributed by atoms with Crippen molar-refractivity contribution in [3.8, 4) is 11.1 Å². The largest absolute Gasteiger partial charge is 0.300 e. The van der Waals surface area contributed by atoms with Gasteiger partial charge < -0.3 is 0 Å². The summed E-state index contributed by atoms with van der Waals surface area (Å²) < 4.78 is 13.0. The first kappa shape index (κ1) is 20.8. The van der Waals surface area contributed by atoms with E-state index in [0.717, 1.165) is 11.1 Å². The summed E-state index contributed by atoms with van der Waals surface area (Å²) in [5.41, 5.74) is 5.00. The zero-order chi connectivity index (χ0) is 19.9. The Morgan fingerprint density at radius 3 is 2.52 bits per heavy atom. The third-order valence-electron chi connectivity index (χ3n) is 4.95. The average molecular weight is 370 g/mol. The van der Waals surface area contributed by atoms with Crippen LogP contribution < -0.4 is 10.8 Å². The number of carbonyl (C=O) groups excluding carboxylic acids is 1. The van der Waals surface area contributed by atoms with E-state index in [-0.39, 0.29) is 0 Å². The van der Waals surface area contributed by atoms with Gasteiger partial charge in [-0.3, -0.25) is 19.7 Å². The molecule has 0 spiro atoms. The molecule has 4 nitrogen and oxygen atoms in total. The Hall–Kier alpha value is -2.50. The molecule has 2 atom stereocenters. The summed E-state index contributed by atoms with van der Waals surface area (Å²) >= 11 is 0. The van der Waals surface area contributed by atoms with Crippen LogP contribution in [0.4, 0.5) is 4.39 Å². The fourth-order valence-corrected chi connectivity index (χ4v) is 2.83. The van der Waals surface area contributed by atoms with Gasteiger partial charge >= 0.3 is 0 Å². The molecule has 0 saturated carbocycles. The van der Waals surface area contributed by atoms with Crippen molar-refractivity contribution in [3.05, 3.63) is 65.7 Å². The number of amides is 1. The molecule has 0 saturated heterocycles. The molecule has 2 rings (SSSR count). The Kier molecular flexibility index (Phi) is 7.28. The number of aryl methyl sites for hydroxylation is 1. The van der Waals surface area contributed by atoms with Gasteiger partial charge in [-0.1, -0.05) is 73.2 Å². The minimum atomic E-state index is -1.19. The van der Waals surface area contributed by atoms with Gasteiger partial charge in [0.25, 0.3) is 5.91 Å². The number of nitrogens with one attached hydrogen (secondary N) is 2. The van der Waals surface area contributed by atoms with Crippen LogP contribution in [0.25, 0.3) is 17.2 Å². The van der Waals surface area contributed by atoms with E-state index >= 15 is 0 Å². The number of halogens is 1. The molecule has 2 aromatic carbocycles. The summed E-state index contributed by atoms with van der Waals surface area (Å²) in [6, 6.07) is 16.5. The van der Waals surface area contributed by atoms with Crippen molar-refractivity contribution in [2.45, 2.75) is 26.3 Å². The predicted molar refractivity (Wildman–Crippen MR) is 107 cm³/mol. The second-order valence-electron chi connectivity index (χ2n) is 6.97. The number of hydrogen-bond donors (Lipinski definition) is 3. The van der Waals surface area contributed by atoms with Crippen LogP contribution in [-0.2, 0) is 4.79 Å². The minimum absolute atomic E-state index is 0.369. The second kappa shape index (κ2) is 9.44. The van der Waals surface area contributed by atoms with Crippen LogP contribution in [0.2, 0.25) is 0 Å². The second-order valence-corrected chi connectivity index (χ2v) is 6.97. The lowest BCUT2D eigenvalue weighted by molar-refractivity contribution is -0.137. The van der Waals surface area contributed by atoms with Crippen molar-refractivity contribution in [2.75, 3.05) is 13.2 Å². The van der Waals surface area contributed by atoms with E-state index in [9.17, 15) is 9.18 Å². The first-order valence-electron chi connectivity index (χ1n) is 9.00. The van der Waals surface area contributed by atoms with Crippen molar-refractivity contribution >= 4 is 12.0 Å². The number of alkyl halides is 1.